The second-order valence-corrected chi connectivity index (χ2v) is 14.3. The number of thiophene rings is 1. The number of rotatable bonds is 5. The summed E-state index contributed by atoms with van der Waals surface area (Å²) in [4.78, 5) is 2.40. The van der Waals surface area contributed by atoms with E-state index in [4.69, 9.17) is 8.83 Å². The Balaban J connectivity index is 1.22. The van der Waals surface area contributed by atoms with E-state index in [9.17, 15) is 0 Å². The predicted molar refractivity (Wildman–Crippen MR) is 219 cm³/mol. The molecule has 0 aliphatic heterocycles. The molecule has 3 aromatic heterocycles. The summed E-state index contributed by atoms with van der Waals surface area (Å²) in [5, 5.41) is 6.91. The van der Waals surface area contributed by atoms with Crippen molar-refractivity contribution in [1.29, 1.82) is 0 Å². The summed E-state index contributed by atoms with van der Waals surface area (Å²) in [5.41, 5.74) is 11.2. The lowest BCUT2D eigenvalue weighted by Crippen LogP contribution is -2.10. The van der Waals surface area contributed by atoms with E-state index in [2.05, 4.69) is 175 Å². The van der Waals surface area contributed by atoms with Gasteiger partial charge in [0.15, 0.2) is 0 Å². The number of furan rings is 2. The first-order valence-corrected chi connectivity index (χ1v) is 18.3. The molecule has 0 saturated carbocycles. The van der Waals surface area contributed by atoms with Gasteiger partial charge in [-0.3, -0.25) is 0 Å². The molecule has 11 rings (SSSR count). The van der Waals surface area contributed by atoms with Crippen molar-refractivity contribution in [2.24, 2.45) is 0 Å². The van der Waals surface area contributed by atoms with E-state index in [1.807, 2.05) is 17.4 Å². The van der Waals surface area contributed by atoms with Crippen molar-refractivity contribution in [3.63, 3.8) is 0 Å². The molecule has 0 aliphatic rings. The number of nitrogens with zero attached hydrogens (tertiary/aromatic N) is 1. The van der Waals surface area contributed by atoms with Crippen LogP contribution in [0.15, 0.2) is 185 Å². The second-order valence-electron chi connectivity index (χ2n) is 13.2. The van der Waals surface area contributed by atoms with Crippen LogP contribution in [0.3, 0.4) is 0 Å². The predicted octanol–water partition coefficient (Wildman–Crippen LogP) is 14.7. The number of hydrogen-bond donors (Lipinski definition) is 0. The molecule has 0 N–H and O–H groups in total. The molecule has 0 bridgehead atoms. The Morgan fingerprint density at radius 3 is 1.88 bits per heavy atom. The van der Waals surface area contributed by atoms with Crippen molar-refractivity contribution in [2.45, 2.75) is 0 Å². The normalized spacial score (nSPS) is 11.8. The molecule has 0 amide bonds. The molecule has 0 fully saturated rings. The van der Waals surface area contributed by atoms with E-state index in [1.54, 1.807) is 0 Å². The summed E-state index contributed by atoms with van der Waals surface area (Å²) in [6, 6.07) is 62.4. The Labute approximate surface area is 303 Å². The molecule has 0 saturated heterocycles. The van der Waals surface area contributed by atoms with Crippen molar-refractivity contribution >= 4 is 92.4 Å². The second kappa shape index (κ2) is 11.5. The molecule has 52 heavy (non-hydrogen) atoms. The van der Waals surface area contributed by atoms with Gasteiger partial charge in [-0.1, -0.05) is 115 Å². The molecule has 11 aromatic rings. The van der Waals surface area contributed by atoms with Gasteiger partial charge in [0.05, 0.1) is 11.1 Å². The minimum Gasteiger partial charge on any atom is -0.456 e. The zero-order valence-corrected chi connectivity index (χ0v) is 28.7. The zero-order valence-electron chi connectivity index (χ0n) is 27.9. The number of fused-ring (bicyclic) bond motifs is 9. The third kappa shape index (κ3) is 4.45. The van der Waals surface area contributed by atoms with Gasteiger partial charge >= 0.3 is 0 Å². The van der Waals surface area contributed by atoms with Crippen LogP contribution >= 0.6 is 11.3 Å². The van der Waals surface area contributed by atoms with Gasteiger partial charge in [-0.2, -0.15) is 0 Å². The van der Waals surface area contributed by atoms with Crippen LogP contribution < -0.4 is 4.90 Å². The highest BCUT2D eigenvalue weighted by molar-refractivity contribution is 7.25. The fourth-order valence-electron chi connectivity index (χ4n) is 7.94. The number of benzene rings is 8. The Morgan fingerprint density at radius 2 is 1.04 bits per heavy atom. The topological polar surface area (TPSA) is 29.5 Å². The molecule has 3 nitrogen and oxygen atoms in total. The van der Waals surface area contributed by atoms with E-state index in [0.717, 1.165) is 83.2 Å². The molecule has 0 atom stereocenters. The first-order chi connectivity index (χ1) is 25.8. The van der Waals surface area contributed by atoms with Crippen molar-refractivity contribution < 1.29 is 8.83 Å². The van der Waals surface area contributed by atoms with Crippen LogP contribution in [0.2, 0.25) is 0 Å². The molecule has 244 valence electrons. The van der Waals surface area contributed by atoms with Crippen molar-refractivity contribution in [2.75, 3.05) is 4.90 Å². The van der Waals surface area contributed by atoms with E-state index >= 15 is 0 Å². The number of hydrogen-bond acceptors (Lipinski definition) is 4. The van der Waals surface area contributed by atoms with Crippen molar-refractivity contribution in [3.05, 3.63) is 176 Å². The first kappa shape index (κ1) is 29.1. The van der Waals surface area contributed by atoms with Gasteiger partial charge in [0.2, 0.25) is 0 Å². The van der Waals surface area contributed by atoms with Crippen LogP contribution in [-0.2, 0) is 0 Å². The fourth-order valence-corrected chi connectivity index (χ4v) is 9.07. The lowest BCUT2D eigenvalue weighted by Gasteiger charge is -2.27. The van der Waals surface area contributed by atoms with Crippen LogP contribution in [0.1, 0.15) is 0 Å². The average molecular weight is 684 g/mol. The molecular weight excluding hydrogens is 655 g/mol. The smallest absolute Gasteiger partial charge is 0.145 e. The summed E-state index contributed by atoms with van der Waals surface area (Å²) in [6.45, 7) is 0. The summed E-state index contributed by atoms with van der Waals surface area (Å²) in [7, 11) is 0. The highest BCUT2D eigenvalue weighted by Gasteiger charge is 2.24. The quantitative estimate of drug-likeness (QED) is 0.181. The number of anilines is 3. The average Bonchev–Trinajstić information content (AvgIpc) is 3.90. The summed E-state index contributed by atoms with van der Waals surface area (Å²) < 4.78 is 15.8. The van der Waals surface area contributed by atoms with Crippen LogP contribution in [0, 0.1) is 0 Å². The van der Waals surface area contributed by atoms with E-state index in [1.165, 1.54) is 20.2 Å². The van der Waals surface area contributed by atoms with Gasteiger partial charge in [-0.15, -0.1) is 11.3 Å². The molecule has 8 aromatic carbocycles. The lowest BCUT2D eigenvalue weighted by molar-refractivity contribution is 0.669. The van der Waals surface area contributed by atoms with E-state index in [0.29, 0.717) is 0 Å². The molecule has 0 radical (unpaired) electrons. The number of para-hydroxylation sites is 1. The summed E-state index contributed by atoms with van der Waals surface area (Å²) in [5.74, 6) is 0. The SMILES string of the molecule is c1ccc(-c2ccc(N(c3ccc4c(c3)sc3ccccc34)c3ccc4oc5cccc(-c6ccccc6)c5c4c3)c3c2oc2ccccc23)cc1. The molecule has 0 aliphatic carbocycles. The van der Waals surface area contributed by atoms with Gasteiger partial charge in [0.25, 0.3) is 0 Å². The van der Waals surface area contributed by atoms with E-state index < -0.39 is 0 Å². The standard InChI is InChI=1S/C48H29NO2S/c1-3-12-30(13-4-1)34-18-11-20-43-46(34)39-28-32(23-27-42(39)50-43)49(33-22-24-37-36-16-8-10-21-44(36)52-45(37)29-33)40-26-25-35(31-14-5-2-6-15-31)48-47(40)38-17-7-9-19-41(38)51-48/h1-29H. The van der Waals surface area contributed by atoms with Gasteiger partial charge in [-0.25, -0.2) is 0 Å². The zero-order chi connectivity index (χ0) is 34.2. The van der Waals surface area contributed by atoms with Crippen LogP contribution in [0.5, 0.6) is 0 Å². The summed E-state index contributed by atoms with van der Waals surface area (Å²) in [6.07, 6.45) is 0. The lowest BCUT2D eigenvalue weighted by atomic mass is 9.98. The third-order valence-electron chi connectivity index (χ3n) is 10.3. The van der Waals surface area contributed by atoms with Crippen LogP contribution in [0.25, 0.3) is 86.3 Å². The molecule has 3 heterocycles. The maximum Gasteiger partial charge on any atom is 0.145 e. The molecule has 0 unspecified atom stereocenters. The largest absolute Gasteiger partial charge is 0.456 e. The Bertz CT molecular complexity index is 3130. The van der Waals surface area contributed by atoms with Crippen LogP contribution in [0.4, 0.5) is 17.1 Å². The van der Waals surface area contributed by atoms with Crippen molar-refractivity contribution in [3.8, 4) is 22.3 Å². The molecule has 0 spiro atoms. The maximum absolute atomic E-state index is 6.75. The fraction of sp³-hybridized carbons (Fsp3) is 0. The summed E-state index contributed by atoms with van der Waals surface area (Å²) >= 11 is 1.84. The van der Waals surface area contributed by atoms with Crippen molar-refractivity contribution in [1.82, 2.24) is 0 Å². The highest BCUT2D eigenvalue weighted by atomic mass is 32.1. The highest BCUT2D eigenvalue weighted by Crippen LogP contribution is 2.48. The third-order valence-corrected chi connectivity index (χ3v) is 11.4. The van der Waals surface area contributed by atoms with Gasteiger partial charge in [-0.05, 0) is 77.4 Å². The Kier molecular flexibility index (Phi) is 6.42. The van der Waals surface area contributed by atoms with Gasteiger partial charge in [0, 0.05) is 53.3 Å². The van der Waals surface area contributed by atoms with Crippen LogP contribution in [-0.4, -0.2) is 0 Å². The molecular formula is C48H29NO2S. The Morgan fingerprint density at radius 1 is 0.385 bits per heavy atom. The minimum absolute atomic E-state index is 0.861. The first-order valence-electron chi connectivity index (χ1n) is 17.5. The monoisotopic (exact) mass is 683 g/mol. The maximum atomic E-state index is 6.75. The Hall–Kier alpha value is -6.62. The van der Waals surface area contributed by atoms with Gasteiger partial charge < -0.3 is 13.7 Å². The molecule has 4 heteroatoms. The van der Waals surface area contributed by atoms with E-state index in [-0.39, 0.29) is 0 Å². The van der Waals surface area contributed by atoms with Gasteiger partial charge in [0.1, 0.15) is 22.3 Å². The minimum atomic E-state index is 0.861.